The van der Waals surface area contributed by atoms with Crippen LogP contribution in [-0.4, -0.2) is 41.0 Å². The Morgan fingerprint density at radius 3 is 2.81 bits per heavy atom. The van der Waals surface area contributed by atoms with Crippen LogP contribution in [-0.2, 0) is 11.3 Å². The smallest absolute Gasteiger partial charge is 0.294 e. The Morgan fingerprint density at radius 2 is 2.11 bits per heavy atom. The van der Waals surface area contributed by atoms with Crippen molar-refractivity contribution in [2.45, 2.75) is 19.1 Å². The molecular formula is C19H18ClN3O4. The molecule has 1 aliphatic rings. The summed E-state index contributed by atoms with van der Waals surface area (Å²) < 4.78 is 18.0. The lowest BCUT2D eigenvalue weighted by molar-refractivity contribution is 0.140. The molecular weight excluding hydrogens is 370 g/mol. The van der Waals surface area contributed by atoms with E-state index in [0.29, 0.717) is 30.8 Å². The zero-order valence-corrected chi connectivity index (χ0v) is 15.5. The summed E-state index contributed by atoms with van der Waals surface area (Å²) in [7, 11) is 1.61. The highest BCUT2D eigenvalue weighted by Gasteiger charge is 2.21. The van der Waals surface area contributed by atoms with Gasteiger partial charge in [0.2, 0.25) is 0 Å². The van der Waals surface area contributed by atoms with E-state index in [1.165, 1.54) is 6.33 Å². The highest BCUT2D eigenvalue weighted by Crippen LogP contribution is 2.24. The van der Waals surface area contributed by atoms with Gasteiger partial charge in [-0.15, -0.1) is 0 Å². The molecule has 1 saturated heterocycles. The van der Waals surface area contributed by atoms with Crippen LogP contribution in [0.3, 0.4) is 0 Å². The van der Waals surface area contributed by atoms with Crippen LogP contribution in [0.2, 0.25) is 5.15 Å². The van der Waals surface area contributed by atoms with Crippen molar-refractivity contribution in [3.8, 4) is 11.5 Å². The molecule has 0 amide bonds. The van der Waals surface area contributed by atoms with Crippen molar-refractivity contribution >= 4 is 22.6 Å². The number of fused-ring (bicyclic) bond motifs is 1. The van der Waals surface area contributed by atoms with Gasteiger partial charge in [-0.1, -0.05) is 23.7 Å². The summed E-state index contributed by atoms with van der Waals surface area (Å²) in [5.74, 6) is 0.975. The molecule has 0 N–H and O–H groups in total. The summed E-state index contributed by atoms with van der Waals surface area (Å²) in [6.07, 6.45) is 1.95. The van der Waals surface area contributed by atoms with Gasteiger partial charge in [-0.3, -0.25) is 9.36 Å². The first-order chi connectivity index (χ1) is 13.2. The second kappa shape index (κ2) is 7.54. The van der Waals surface area contributed by atoms with Crippen LogP contribution in [0, 0.1) is 0 Å². The molecule has 1 unspecified atom stereocenters. The van der Waals surface area contributed by atoms with Crippen LogP contribution in [0.4, 0.5) is 0 Å². The molecule has 7 nitrogen and oxygen atoms in total. The van der Waals surface area contributed by atoms with E-state index in [4.69, 9.17) is 25.8 Å². The summed E-state index contributed by atoms with van der Waals surface area (Å²) in [5.41, 5.74) is 1.13. The summed E-state index contributed by atoms with van der Waals surface area (Å²) >= 11 is 6.25. The van der Waals surface area contributed by atoms with Gasteiger partial charge >= 0.3 is 0 Å². The van der Waals surface area contributed by atoms with Crippen LogP contribution in [0.25, 0.3) is 11.0 Å². The Balaban J connectivity index is 1.79. The summed E-state index contributed by atoms with van der Waals surface area (Å²) in [5, 5.41) is 0.845. The molecule has 140 valence electrons. The molecule has 0 saturated carbocycles. The zero-order valence-electron chi connectivity index (χ0n) is 14.7. The van der Waals surface area contributed by atoms with Crippen LogP contribution in [0.1, 0.15) is 12.0 Å². The minimum absolute atomic E-state index is 0.145. The van der Waals surface area contributed by atoms with Crippen molar-refractivity contribution in [3.63, 3.8) is 0 Å². The fraction of sp³-hybridized carbons (Fsp3) is 0.316. The number of aromatic nitrogens is 3. The van der Waals surface area contributed by atoms with Crippen molar-refractivity contribution in [2.75, 3.05) is 20.3 Å². The quantitative estimate of drug-likeness (QED) is 0.626. The summed E-state index contributed by atoms with van der Waals surface area (Å²) in [6.45, 7) is 1.42. The first-order valence-electron chi connectivity index (χ1n) is 8.57. The number of nitrogens with zero attached hydrogens (tertiary/aromatic N) is 3. The number of hydrogen-bond acceptors (Lipinski definition) is 6. The molecule has 27 heavy (non-hydrogen) atoms. The number of rotatable bonds is 5. The molecule has 1 aliphatic heterocycles. The Morgan fingerprint density at radius 1 is 1.30 bits per heavy atom. The van der Waals surface area contributed by atoms with Crippen LogP contribution in [0.5, 0.6) is 11.5 Å². The first kappa shape index (κ1) is 17.8. The largest absolute Gasteiger partial charge is 0.497 e. The third kappa shape index (κ3) is 3.61. The molecule has 3 heterocycles. The highest BCUT2D eigenvalue weighted by atomic mass is 35.5. The second-order valence-electron chi connectivity index (χ2n) is 6.25. The zero-order chi connectivity index (χ0) is 18.8. The predicted octanol–water partition coefficient (Wildman–Crippen LogP) is 2.67. The van der Waals surface area contributed by atoms with Gasteiger partial charge in [0.05, 0.1) is 32.3 Å². The highest BCUT2D eigenvalue weighted by molar-refractivity contribution is 6.33. The van der Waals surface area contributed by atoms with E-state index in [1.54, 1.807) is 17.7 Å². The molecule has 4 rings (SSSR count). The van der Waals surface area contributed by atoms with Gasteiger partial charge in [-0.2, -0.15) is 0 Å². The van der Waals surface area contributed by atoms with E-state index in [0.717, 1.165) is 17.7 Å². The van der Waals surface area contributed by atoms with Gasteiger partial charge < -0.3 is 14.2 Å². The molecule has 1 atom stereocenters. The lowest BCUT2D eigenvalue weighted by Crippen LogP contribution is -2.27. The molecule has 0 spiro atoms. The van der Waals surface area contributed by atoms with Crippen LogP contribution < -0.4 is 15.0 Å². The standard InChI is InChI=1S/C19H18ClN3O4/c1-25-13-4-2-12(3-5-13)9-23-18-15(17(20)21-11-22-18)8-16(19(23)24)27-14-6-7-26-10-14/h2-5,8,11,14H,6-7,9-10H2,1H3. The fourth-order valence-electron chi connectivity index (χ4n) is 3.06. The lowest BCUT2D eigenvalue weighted by atomic mass is 10.2. The monoisotopic (exact) mass is 387 g/mol. The molecule has 1 aromatic carbocycles. The Kier molecular flexibility index (Phi) is 4.96. The third-order valence-electron chi connectivity index (χ3n) is 4.48. The Labute approximate surface area is 160 Å². The predicted molar refractivity (Wildman–Crippen MR) is 101 cm³/mol. The van der Waals surface area contributed by atoms with Gasteiger partial charge in [-0.05, 0) is 23.8 Å². The SMILES string of the molecule is COc1ccc(Cn2c(=O)c(OC3CCOC3)cc3c(Cl)ncnc32)cc1. The average Bonchev–Trinajstić information content (AvgIpc) is 3.19. The number of benzene rings is 1. The van der Waals surface area contributed by atoms with Crippen molar-refractivity contribution < 1.29 is 14.2 Å². The van der Waals surface area contributed by atoms with Crippen molar-refractivity contribution in [2.24, 2.45) is 0 Å². The first-order valence-corrected chi connectivity index (χ1v) is 8.95. The summed E-state index contributed by atoms with van der Waals surface area (Å²) in [4.78, 5) is 21.4. The Hall–Kier alpha value is -2.64. The molecule has 0 radical (unpaired) electrons. The number of halogens is 1. The maximum Gasteiger partial charge on any atom is 0.294 e. The van der Waals surface area contributed by atoms with Crippen LogP contribution in [0.15, 0.2) is 41.5 Å². The number of hydrogen-bond donors (Lipinski definition) is 0. The van der Waals surface area contributed by atoms with E-state index in [9.17, 15) is 4.79 Å². The topological polar surface area (TPSA) is 75.5 Å². The number of ether oxygens (including phenoxy) is 3. The lowest BCUT2D eigenvalue weighted by Gasteiger charge is -2.16. The molecule has 8 heteroatoms. The minimum Gasteiger partial charge on any atom is -0.497 e. The average molecular weight is 388 g/mol. The van der Waals surface area contributed by atoms with E-state index < -0.39 is 0 Å². The van der Waals surface area contributed by atoms with E-state index in [1.807, 2.05) is 24.3 Å². The van der Waals surface area contributed by atoms with Crippen molar-refractivity contribution in [1.82, 2.24) is 14.5 Å². The van der Waals surface area contributed by atoms with Crippen molar-refractivity contribution in [1.29, 1.82) is 0 Å². The molecule has 1 fully saturated rings. The maximum absolute atomic E-state index is 13.1. The van der Waals surface area contributed by atoms with E-state index in [-0.39, 0.29) is 22.6 Å². The van der Waals surface area contributed by atoms with Crippen LogP contribution >= 0.6 is 11.6 Å². The van der Waals surface area contributed by atoms with Gasteiger partial charge in [0.25, 0.3) is 5.56 Å². The Bertz CT molecular complexity index is 1010. The van der Waals surface area contributed by atoms with E-state index in [2.05, 4.69) is 9.97 Å². The van der Waals surface area contributed by atoms with E-state index >= 15 is 0 Å². The van der Waals surface area contributed by atoms with Crippen molar-refractivity contribution in [3.05, 3.63) is 57.7 Å². The second-order valence-corrected chi connectivity index (χ2v) is 6.61. The normalized spacial score (nSPS) is 16.6. The fourth-order valence-corrected chi connectivity index (χ4v) is 3.24. The number of methoxy groups -OCH3 is 1. The van der Waals surface area contributed by atoms with Gasteiger partial charge in [0.1, 0.15) is 29.0 Å². The molecule has 0 bridgehead atoms. The maximum atomic E-state index is 13.1. The summed E-state index contributed by atoms with van der Waals surface area (Å²) in [6, 6.07) is 9.11. The molecule has 0 aliphatic carbocycles. The molecule has 2 aromatic heterocycles. The number of pyridine rings is 1. The molecule has 3 aromatic rings. The third-order valence-corrected chi connectivity index (χ3v) is 4.78. The van der Waals surface area contributed by atoms with Gasteiger partial charge in [0, 0.05) is 6.42 Å². The minimum atomic E-state index is -0.264. The van der Waals surface area contributed by atoms with Gasteiger partial charge in [0.15, 0.2) is 5.75 Å². The van der Waals surface area contributed by atoms with Gasteiger partial charge in [-0.25, -0.2) is 9.97 Å².